The predicted molar refractivity (Wildman–Crippen MR) is 75.8 cm³/mol. The largest absolute Gasteiger partial charge is 0.365 e. The molecule has 2 nitrogen and oxygen atoms in total. The second-order valence-corrected chi connectivity index (χ2v) is 5.79. The van der Waals surface area contributed by atoms with Gasteiger partial charge < -0.3 is 4.90 Å². The maximum atomic E-state index is 13.6. The van der Waals surface area contributed by atoms with Crippen LogP contribution < -0.4 is 4.90 Å². The third-order valence-corrected chi connectivity index (χ3v) is 3.91. The summed E-state index contributed by atoms with van der Waals surface area (Å²) in [6, 6.07) is 7.55. The molecular weight excluding hydrogens is 314 g/mol. The van der Waals surface area contributed by atoms with Gasteiger partial charge in [0.25, 0.3) is 5.92 Å². The molecule has 100 valence electrons. The van der Waals surface area contributed by atoms with Crippen molar-refractivity contribution in [3.63, 3.8) is 0 Å². The summed E-state index contributed by atoms with van der Waals surface area (Å²) in [7, 11) is 0. The zero-order chi connectivity index (χ0) is 13.5. The minimum Gasteiger partial charge on any atom is -0.365 e. The third kappa shape index (κ3) is 2.56. The zero-order valence-electron chi connectivity index (χ0n) is 10.2. The summed E-state index contributed by atoms with van der Waals surface area (Å²) in [5.41, 5.74) is 1.67. The first-order chi connectivity index (χ1) is 9.05. The number of piperidine rings is 1. The van der Waals surface area contributed by atoms with E-state index in [9.17, 15) is 8.78 Å². The molecule has 3 rings (SSSR count). The van der Waals surface area contributed by atoms with E-state index in [2.05, 4.69) is 20.9 Å². The number of halogens is 3. The van der Waals surface area contributed by atoms with E-state index in [-0.39, 0.29) is 13.0 Å². The van der Waals surface area contributed by atoms with Gasteiger partial charge in [0.15, 0.2) is 0 Å². The van der Waals surface area contributed by atoms with Gasteiger partial charge in [-0.25, -0.2) is 8.78 Å². The Hall–Kier alpha value is -1.23. The Morgan fingerprint density at radius 3 is 2.89 bits per heavy atom. The molecule has 0 aliphatic carbocycles. The highest BCUT2D eigenvalue weighted by atomic mass is 79.9. The molecule has 2 heterocycles. The number of rotatable bonds is 1. The molecule has 0 radical (unpaired) electrons. The van der Waals surface area contributed by atoms with Crippen LogP contribution >= 0.6 is 15.9 Å². The Morgan fingerprint density at radius 1 is 1.26 bits per heavy atom. The Kier molecular flexibility index (Phi) is 3.17. The molecule has 0 unspecified atom stereocenters. The summed E-state index contributed by atoms with van der Waals surface area (Å²) in [5.74, 6) is -2.60. The molecule has 0 N–H and O–H groups in total. The van der Waals surface area contributed by atoms with Gasteiger partial charge in [-0.3, -0.25) is 4.98 Å². The SMILES string of the molecule is FC1(F)CCCN(c2ccnc3ccc(Br)cc23)C1. The van der Waals surface area contributed by atoms with Crippen molar-refractivity contribution in [1.29, 1.82) is 0 Å². The van der Waals surface area contributed by atoms with E-state index in [0.717, 1.165) is 21.1 Å². The van der Waals surface area contributed by atoms with Gasteiger partial charge in [-0.1, -0.05) is 15.9 Å². The van der Waals surface area contributed by atoms with Crippen LogP contribution in [-0.4, -0.2) is 24.0 Å². The maximum absolute atomic E-state index is 13.6. The summed E-state index contributed by atoms with van der Waals surface area (Å²) in [5, 5.41) is 0.912. The number of benzene rings is 1. The van der Waals surface area contributed by atoms with Crippen LogP contribution in [0.5, 0.6) is 0 Å². The number of nitrogens with zero attached hydrogens (tertiary/aromatic N) is 2. The molecule has 2 aromatic rings. The van der Waals surface area contributed by atoms with Crippen LogP contribution in [0, 0.1) is 0 Å². The molecule has 1 aromatic carbocycles. The fraction of sp³-hybridized carbons (Fsp3) is 0.357. The normalized spacial score (nSPS) is 18.8. The smallest absolute Gasteiger partial charge is 0.265 e. The highest BCUT2D eigenvalue weighted by Crippen LogP contribution is 2.34. The fourth-order valence-electron chi connectivity index (χ4n) is 2.55. The second kappa shape index (κ2) is 4.71. The minimum absolute atomic E-state index is 0.0176. The maximum Gasteiger partial charge on any atom is 0.265 e. The average Bonchev–Trinajstić information content (AvgIpc) is 2.36. The van der Waals surface area contributed by atoms with Crippen molar-refractivity contribution in [2.75, 3.05) is 18.0 Å². The topological polar surface area (TPSA) is 16.1 Å². The highest BCUT2D eigenvalue weighted by molar-refractivity contribution is 9.10. The molecule has 5 heteroatoms. The average molecular weight is 327 g/mol. The number of anilines is 1. The molecule has 0 bridgehead atoms. The van der Waals surface area contributed by atoms with Crippen molar-refractivity contribution in [2.45, 2.75) is 18.8 Å². The van der Waals surface area contributed by atoms with Crippen LogP contribution in [0.15, 0.2) is 34.9 Å². The lowest BCUT2D eigenvalue weighted by Crippen LogP contribution is -2.42. The van der Waals surface area contributed by atoms with Gasteiger partial charge in [0.1, 0.15) is 0 Å². The Bertz CT molecular complexity index is 615. The molecule has 19 heavy (non-hydrogen) atoms. The zero-order valence-corrected chi connectivity index (χ0v) is 11.8. The predicted octanol–water partition coefficient (Wildman–Crippen LogP) is 4.23. The lowest BCUT2D eigenvalue weighted by molar-refractivity contribution is -0.0116. The van der Waals surface area contributed by atoms with Gasteiger partial charge in [0.2, 0.25) is 0 Å². The molecule has 1 fully saturated rings. The molecule has 1 saturated heterocycles. The minimum atomic E-state index is -2.60. The van der Waals surface area contributed by atoms with E-state index < -0.39 is 5.92 Å². The molecule has 0 atom stereocenters. The van der Waals surface area contributed by atoms with Gasteiger partial charge in [0.05, 0.1) is 12.1 Å². The van der Waals surface area contributed by atoms with Crippen molar-refractivity contribution in [1.82, 2.24) is 4.98 Å². The number of pyridine rings is 1. The summed E-state index contributed by atoms with van der Waals surface area (Å²) in [6.45, 7) is 0.458. The number of hydrogen-bond donors (Lipinski definition) is 0. The Balaban J connectivity index is 2.07. The van der Waals surface area contributed by atoms with Crippen LogP contribution in [0.4, 0.5) is 14.5 Å². The third-order valence-electron chi connectivity index (χ3n) is 3.41. The number of aromatic nitrogens is 1. The van der Waals surface area contributed by atoms with Crippen LogP contribution in [0.2, 0.25) is 0 Å². The highest BCUT2D eigenvalue weighted by Gasteiger charge is 2.35. The Morgan fingerprint density at radius 2 is 2.11 bits per heavy atom. The van der Waals surface area contributed by atoms with E-state index in [4.69, 9.17) is 0 Å². The number of hydrogen-bond acceptors (Lipinski definition) is 2. The Labute approximate surface area is 118 Å². The standard InChI is InChI=1S/C14H13BrF2N2/c15-10-2-3-12-11(8-10)13(4-6-18-12)19-7-1-5-14(16,17)9-19/h2-4,6,8H,1,5,7,9H2. The molecule has 0 saturated carbocycles. The molecule has 1 aliphatic rings. The first-order valence-corrected chi connectivity index (χ1v) is 7.01. The van der Waals surface area contributed by atoms with Crippen LogP contribution in [0.1, 0.15) is 12.8 Å². The van der Waals surface area contributed by atoms with E-state index >= 15 is 0 Å². The van der Waals surface area contributed by atoms with Gasteiger partial charge >= 0.3 is 0 Å². The van der Waals surface area contributed by atoms with Crippen LogP contribution in [0.3, 0.4) is 0 Å². The molecular formula is C14H13BrF2N2. The van der Waals surface area contributed by atoms with Crippen molar-refractivity contribution in [2.24, 2.45) is 0 Å². The summed E-state index contributed by atoms with van der Waals surface area (Å²) < 4.78 is 28.0. The molecule has 0 spiro atoms. The summed E-state index contributed by atoms with van der Waals surface area (Å²) >= 11 is 3.42. The fourth-order valence-corrected chi connectivity index (χ4v) is 2.91. The van der Waals surface area contributed by atoms with Crippen LogP contribution in [0.25, 0.3) is 10.9 Å². The summed E-state index contributed by atoms with van der Waals surface area (Å²) in [6.07, 6.45) is 2.18. The van der Waals surface area contributed by atoms with Crippen molar-refractivity contribution in [3.8, 4) is 0 Å². The van der Waals surface area contributed by atoms with Gasteiger partial charge in [0, 0.05) is 34.7 Å². The monoisotopic (exact) mass is 326 g/mol. The lowest BCUT2D eigenvalue weighted by atomic mass is 10.1. The number of fused-ring (bicyclic) bond motifs is 1. The quantitative estimate of drug-likeness (QED) is 0.779. The summed E-state index contributed by atoms with van der Waals surface area (Å²) in [4.78, 5) is 6.04. The van der Waals surface area contributed by atoms with E-state index in [1.807, 2.05) is 24.3 Å². The second-order valence-electron chi connectivity index (χ2n) is 4.87. The first kappa shape index (κ1) is 12.8. The van der Waals surface area contributed by atoms with Gasteiger partial charge in [-0.15, -0.1) is 0 Å². The number of alkyl halides is 2. The van der Waals surface area contributed by atoms with Crippen LogP contribution in [-0.2, 0) is 0 Å². The van der Waals surface area contributed by atoms with Gasteiger partial charge in [-0.2, -0.15) is 0 Å². The first-order valence-electron chi connectivity index (χ1n) is 6.22. The van der Waals surface area contributed by atoms with Crippen molar-refractivity contribution < 1.29 is 8.78 Å². The lowest BCUT2D eigenvalue weighted by Gasteiger charge is -2.34. The molecule has 0 amide bonds. The van der Waals surface area contributed by atoms with Gasteiger partial charge in [-0.05, 0) is 30.7 Å². The van der Waals surface area contributed by atoms with E-state index in [1.165, 1.54) is 0 Å². The van der Waals surface area contributed by atoms with Crippen molar-refractivity contribution >= 4 is 32.5 Å². The van der Waals surface area contributed by atoms with E-state index in [1.54, 1.807) is 11.1 Å². The molecule has 1 aliphatic heterocycles. The van der Waals surface area contributed by atoms with Crippen molar-refractivity contribution in [3.05, 3.63) is 34.9 Å². The molecule has 1 aromatic heterocycles. The van der Waals surface area contributed by atoms with E-state index in [0.29, 0.717) is 13.0 Å².